The van der Waals surface area contributed by atoms with Gasteiger partial charge in [0.05, 0.1) is 12.0 Å². The van der Waals surface area contributed by atoms with Crippen LogP contribution in [0.15, 0.2) is 29.3 Å². The zero-order chi connectivity index (χ0) is 18.4. The molecule has 1 fully saturated rings. The van der Waals surface area contributed by atoms with Crippen molar-refractivity contribution in [1.29, 1.82) is 0 Å². The third kappa shape index (κ3) is 2.66. The molecule has 0 aromatic heterocycles. The summed E-state index contributed by atoms with van der Waals surface area (Å²) >= 11 is 0. The van der Waals surface area contributed by atoms with Gasteiger partial charge in [-0.1, -0.05) is 12.1 Å². The van der Waals surface area contributed by atoms with Gasteiger partial charge in [-0.15, -0.1) is 0 Å². The van der Waals surface area contributed by atoms with Crippen LogP contribution in [-0.4, -0.2) is 47.1 Å². The Hall–Kier alpha value is -2.81. The Kier molecular flexibility index (Phi) is 4.03. The highest BCUT2D eigenvalue weighted by Crippen LogP contribution is 2.48. The van der Waals surface area contributed by atoms with E-state index in [0.29, 0.717) is 5.56 Å². The lowest BCUT2D eigenvalue weighted by Crippen LogP contribution is -2.50. The summed E-state index contributed by atoms with van der Waals surface area (Å²) < 4.78 is 9.78. The number of nitrogens with zero attached hydrogens (tertiary/aromatic N) is 2. The normalized spacial score (nSPS) is 30.9. The second-order valence-electron chi connectivity index (χ2n) is 6.10. The minimum atomic E-state index is -1.80. The number of hydrogen-bond donors (Lipinski definition) is 1. The van der Waals surface area contributed by atoms with Gasteiger partial charge < -0.3 is 14.6 Å². The molecule has 1 aromatic carbocycles. The number of aliphatic hydroxyl groups is 1. The van der Waals surface area contributed by atoms with Crippen molar-refractivity contribution in [3.05, 3.63) is 39.9 Å². The van der Waals surface area contributed by atoms with E-state index in [1.165, 1.54) is 25.3 Å². The number of cyclic esters (lactones) is 1. The molecular weight excluding hydrogens is 332 g/mol. The first-order chi connectivity index (χ1) is 11.8. The van der Waals surface area contributed by atoms with Crippen molar-refractivity contribution in [3.8, 4) is 0 Å². The predicted molar refractivity (Wildman–Crippen MR) is 83.9 cm³/mol. The minimum Gasteiger partial charge on any atom is -0.468 e. The Morgan fingerprint density at radius 3 is 2.88 bits per heavy atom. The average Bonchev–Trinajstić information content (AvgIpc) is 2.87. The van der Waals surface area contributed by atoms with Gasteiger partial charge in [-0.05, 0) is 12.5 Å². The van der Waals surface area contributed by atoms with Crippen LogP contribution >= 0.6 is 0 Å². The largest absolute Gasteiger partial charge is 0.468 e. The molecule has 2 aliphatic rings. The van der Waals surface area contributed by atoms with Crippen molar-refractivity contribution in [2.75, 3.05) is 13.7 Å². The quantitative estimate of drug-likeness (QED) is 0.486. The highest BCUT2D eigenvalue weighted by molar-refractivity contribution is 6.04. The monoisotopic (exact) mass is 348 g/mol. The molecular formula is C16H16N2O7. The lowest BCUT2D eigenvalue weighted by Gasteiger charge is -2.38. The van der Waals surface area contributed by atoms with Crippen LogP contribution in [0.4, 0.5) is 5.69 Å². The van der Waals surface area contributed by atoms with E-state index in [4.69, 9.17) is 9.47 Å². The maximum absolute atomic E-state index is 12.3. The Labute approximate surface area is 142 Å². The zero-order valence-electron chi connectivity index (χ0n) is 13.5. The number of nitro benzene ring substituents is 1. The third-order valence-corrected chi connectivity index (χ3v) is 4.64. The second kappa shape index (κ2) is 5.92. The molecule has 0 aliphatic carbocycles. The molecule has 0 amide bonds. The van der Waals surface area contributed by atoms with Crippen molar-refractivity contribution in [1.82, 2.24) is 0 Å². The molecule has 1 N–H and O–H groups in total. The van der Waals surface area contributed by atoms with Crippen LogP contribution in [0.2, 0.25) is 0 Å². The smallest absolute Gasteiger partial charge is 0.315 e. The van der Waals surface area contributed by atoms with Crippen molar-refractivity contribution in [2.45, 2.75) is 18.6 Å². The lowest BCUT2D eigenvalue weighted by atomic mass is 9.69. The highest BCUT2D eigenvalue weighted by Gasteiger charge is 2.60. The molecule has 2 heterocycles. The summed E-state index contributed by atoms with van der Waals surface area (Å²) in [5, 5.41) is 21.8. The number of carbonyl (C=O) groups is 2. The van der Waals surface area contributed by atoms with E-state index in [1.807, 2.05) is 0 Å². The number of carbonyl (C=O) groups excluding carboxylic acids is 2. The van der Waals surface area contributed by atoms with Crippen LogP contribution < -0.4 is 0 Å². The molecule has 0 spiro atoms. The molecule has 1 saturated heterocycles. The standard InChI is InChI=1S/C16H16N2O7/c1-8-11(14(19)24-2)12(9-4-3-5-10(6-9)18(22)23)13-15(20)25-7-16(13,21)17-8/h3-6,11-13,21H,7H2,1-2H3. The molecule has 0 saturated carbocycles. The van der Waals surface area contributed by atoms with Gasteiger partial charge in [-0.2, -0.15) is 0 Å². The van der Waals surface area contributed by atoms with Crippen LogP contribution in [0.25, 0.3) is 0 Å². The number of esters is 2. The fraction of sp³-hybridized carbons (Fsp3) is 0.438. The summed E-state index contributed by atoms with van der Waals surface area (Å²) in [4.78, 5) is 39.2. The topological polar surface area (TPSA) is 128 Å². The zero-order valence-corrected chi connectivity index (χ0v) is 13.5. The van der Waals surface area contributed by atoms with E-state index in [9.17, 15) is 24.8 Å². The van der Waals surface area contributed by atoms with Gasteiger partial charge in [-0.25, -0.2) is 0 Å². The predicted octanol–water partition coefficient (Wildman–Crippen LogP) is 0.804. The SMILES string of the molecule is COC(=O)C1C(C)=NC2(O)COC(=O)C2C1c1cccc([N+](=O)[O-])c1. The molecule has 3 rings (SSSR count). The van der Waals surface area contributed by atoms with E-state index in [2.05, 4.69) is 4.99 Å². The average molecular weight is 348 g/mol. The number of hydrogen-bond acceptors (Lipinski definition) is 8. The Bertz CT molecular complexity index is 790. The Morgan fingerprint density at radius 2 is 2.24 bits per heavy atom. The van der Waals surface area contributed by atoms with Crippen molar-refractivity contribution in [3.63, 3.8) is 0 Å². The van der Waals surface area contributed by atoms with Gasteiger partial charge in [0, 0.05) is 23.8 Å². The molecule has 0 radical (unpaired) electrons. The van der Waals surface area contributed by atoms with E-state index < -0.39 is 40.3 Å². The number of non-ortho nitro benzene ring substituents is 1. The van der Waals surface area contributed by atoms with Crippen molar-refractivity contribution >= 4 is 23.3 Å². The molecule has 9 heteroatoms. The van der Waals surface area contributed by atoms with Crippen LogP contribution in [0.3, 0.4) is 0 Å². The van der Waals surface area contributed by atoms with Crippen LogP contribution in [0, 0.1) is 22.0 Å². The van der Waals surface area contributed by atoms with Crippen molar-refractivity contribution in [2.24, 2.45) is 16.8 Å². The van der Waals surface area contributed by atoms with E-state index in [1.54, 1.807) is 13.0 Å². The first-order valence-corrected chi connectivity index (χ1v) is 7.56. The van der Waals surface area contributed by atoms with Gasteiger partial charge in [0.15, 0.2) is 0 Å². The molecule has 25 heavy (non-hydrogen) atoms. The van der Waals surface area contributed by atoms with Gasteiger partial charge in [0.25, 0.3) is 5.69 Å². The second-order valence-corrected chi connectivity index (χ2v) is 6.10. The maximum atomic E-state index is 12.3. The number of rotatable bonds is 3. The molecule has 1 aromatic rings. The van der Waals surface area contributed by atoms with Crippen LogP contribution in [-0.2, 0) is 19.1 Å². The summed E-state index contributed by atoms with van der Waals surface area (Å²) in [6.45, 7) is 1.22. The Morgan fingerprint density at radius 1 is 1.52 bits per heavy atom. The molecule has 0 bridgehead atoms. The van der Waals surface area contributed by atoms with Gasteiger partial charge in [0.2, 0.25) is 5.72 Å². The fourth-order valence-electron chi connectivity index (χ4n) is 3.58. The molecule has 2 aliphatic heterocycles. The van der Waals surface area contributed by atoms with E-state index in [-0.39, 0.29) is 18.0 Å². The number of fused-ring (bicyclic) bond motifs is 1. The van der Waals surface area contributed by atoms with Crippen molar-refractivity contribution < 1.29 is 29.1 Å². The van der Waals surface area contributed by atoms with Gasteiger partial charge in [0.1, 0.15) is 18.4 Å². The lowest BCUT2D eigenvalue weighted by molar-refractivity contribution is -0.385. The van der Waals surface area contributed by atoms with E-state index in [0.717, 1.165) is 0 Å². The number of nitro groups is 1. The molecule has 9 nitrogen and oxygen atoms in total. The summed E-state index contributed by atoms with van der Waals surface area (Å²) in [5.74, 6) is -4.33. The summed E-state index contributed by atoms with van der Waals surface area (Å²) in [6, 6.07) is 5.62. The minimum absolute atomic E-state index is 0.184. The van der Waals surface area contributed by atoms with Crippen LogP contribution in [0.5, 0.6) is 0 Å². The molecule has 4 unspecified atom stereocenters. The van der Waals surface area contributed by atoms with Gasteiger partial charge >= 0.3 is 11.9 Å². The number of ether oxygens (including phenoxy) is 2. The summed E-state index contributed by atoms with van der Waals surface area (Å²) in [6.07, 6.45) is 0. The van der Waals surface area contributed by atoms with Gasteiger partial charge in [-0.3, -0.25) is 24.7 Å². The number of aliphatic imine (C=N–C) groups is 1. The maximum Gasteiger partial charge on any atom is 0.315 e. The highest BCUT2D eigenvalue weighted by atomic mass is 16.6. The fourth-order valence-corrected chi connectivity index (χ4v) is 3.58. The number of benzene rings is 1. The van der Waals surface area contributed by atoms with E-state index >= 15 is 0 Å². The molecule has 132 valence electrons. The first kappa shape index (κ1) is 17.0. The Balaban J connectivity index is 2.19. The summed E-state index contributed by atoms with van der Waals surface area (Å²) in [5.41, 5.74) is -1.35. The molecule has 4 atom stereocenters. The third-order valence-electron chi connectivity index (χ3n) is 4.64. The van der Waals surface area contributed by atoms with Crippen LogP contribution in [0.1, 0.15) is 18.4 Å². The first-order valence-electron chi connectivity index (χ1n) is 7.56. The number of methoxy groups -OCH3 is 1. The summed E-state index contributed by atoms with van der Waals surface area (Å²) in [7, 11) is 1.20.